The number of likely N-dealkylation sites (N-methyl/N-ethyl adjacent to an activating group) is 1. The van der Waals surface area contributed by atoms with Crippen molar-refractivity contribution in [3.05, 3.63) is 22.4 Å². The lowest BCUT2D eigenvalue weighted by atomic mass is 9.93. The van der Waals surface area contributed by atoms with Crippen molar-refractivity contribution < 1.29 is 4.74 Å². The van der Waals surface area contributed by atoms with Crippen molar-refractivity contribution in [1.82, 2.24) is 5.32 Å². The number of hydrogen-bond acceptors (Lipinski definition) is 3. The predicted molar refractivity (Wildman–Crippen MR) is 59.8 cm³/mol. The molecule has 1 aromatic heterocycles. The quantitative estimate of drug-likeness (QED) is 0.826. The molecule has 2 heterocycles. The first-order chi connectivity index (χ1) is 6.72. The van der Waals surface area contributed by atoms with E-state index >= 15 is 0 Å². The molecule has 0 radical (unpaired) electrons. The van der Waals surface area contributed by atoms with E-state index < -0.39 is 0 Å². The van der Waals surface area contributed by atoms with Gasteiger partial charge in [-0.25, -0.2) is 0 Å². The minimum atomic E-state index is 0.0365. The molecule has 0 saturated carbocycles. The van der Waals surface area contributed by atoms with E-state index in [1.807, 2.05) is 7.05 Å². The Morgan fingerprint density at radius 3 is 3.14 bits per heavy atom. The molecule has 78 valence electrons. The lowest BCUT2D eigenvalue weighted by molar-refractivity contribution is 0.0202. The van der Waals surface area contributed by atoms with Crippen LogP contribution < -0.4 is 5.32 Å². The van der Waals surface area contributed by atoms with Crippen molar-refractivity contribution in [2.75, 3.05) is 13.7 Å². The number of thiophene rings is 1. The first-order valence-corrected chi connectivity index (χ1v) is 5.98. The van der Waals surface area contributed by atoms with E-state index in [4.69, 9.17) is 4.74 Å². The standard InChI is InChI=1S/C11H17NOS/c1-11(5-9-3-4-14-8-9)6-10(12-2)7-13-11/h3-4,8,10,12H,5-7H2,1-2H3. The fourth-order valence-electron chi connectivity index (χ4n) is 2.07. The van der Waals surface area contributed by atoms with Crippen molar-refractivity contribution in [3.63, 3.8) is 0 Å². The zero-order valence-electron chi connectivity index (χ0n) is 8.75. The van der Waals surface area contributed by atoms with Crippen LogP contribution in [0, 0.1) is 0 Å². The Morgan fingerprint density at radius 2 is 2.57 bits per heavy atom. The molecule has 0 aromatic carbocycles. The average molecular weight is 211 g/mol. The smallest absolute Gasteiger partial charge is 0.0711 e. The van der Waals surface area contributed by atoms with Gasteiger partial charge in [-0.3, -0.25) is 0 Å². The molecule has 1 aromatic rings. The van der Waals surface area contributed by atoms with Crippen LogP contribution in [-0.4, -0.2) is 25.3 Å². The summed E-state index contributed by atoms with van der Waals surface area (Å²) in [4.78, 5) is 0. The van der Waals surface area contributed by atoms with Gasteiger partial charge >= 0.3 is 0 Å². The van der Waals surface area contributed by atoms with Gasteiger partial charge < -0.3 is 10.1 Å². The summed E-state index contributed by atoms with van der Waals surface area (Å²) in [6.07, 6.45) is 2.15. The Hall–Kier alpha value is -0.380. The van der Waals surface area contributed by atoms with Crippen LogP contribution >= 0.6 is 11.3 Å². The first kappa shape index (κ1) is 10.1. The average Bonchev–Trinajstić information content (AvgIpc) is 2.76. The van der Waals surface area contributed by atoms with E-state index in [-0.39, 0.29) is 5.60 Å². The largest absolute Gasteiger partial charge is 0.373 e. The normalized spacial score (nSPS) is 32.3. The molecule has 0 bridgehead atoms. The van der Waals surface area contributed by atoms with Gasteiger partial charge in [0.2, 0.25) is 0 Å². The molecule has 0 aliphatic carbocycles. The molecule has 1 aliphatic heterocycles. The van der Waals surface area contributed by atoms with E-state index in [1.54, 1.807) is 11.3 Å². The van der Waals surface area contributed by atoms with Gasteiger partial charge in [0, 0.05) is 12.5 Å². The van der Waals surface area contributed by atoms with Gasteiger partial charge in [0.25, 0.3) is 0 Å². The highest BCUT2D eigenvalue weighted by molar-refractivity contribution is 7.07. The van der Waals surface area contributed by atoms with Gasteiger partial charge in [-0.1, -0.05) is 0 Å². The maximum Gasteiger partial charge on any atom is 0.0711 e. The highest BCUT2D eigenvalue weighted by Gasteiger charge is 2.35. The molecule has 14 heavy (non-hydrogen) atoms. The van der Waals surface area contributed by atoms with E-state index in [1.165, 1.54) is 5.56 Å². The maximum atomic E-state index is 5.86. The molecule has 0 amide bonds. The lowest BCUT2D eigenvalue weighted by Gasteiger charge is -2.22. The highest BCUT2D eigenvalue weighted by Crippen LogP contribution is 2.29. The summed E-state index contributed by atoms with van der Waals surface area (Å²) in [5.41, 5.74) is 1.43. The van der Waals surface area contributed by atoms with Gasteiger partial charge in [0.15, 0.2) is 0 Å². The van der Waals surface area contributed by atoms with Gasteiger partial charge in [0.05, 0.1) is 12.2 Å². The number of rotatable bonds is 3. The molecule has 2 rings (SSSR count). The Balaban J connectivity index is 1.97. The third-order valence-corrected chi connectivity index (χ3v) is 3.61. The number of hydrogen-bond donors (Lipinski definition) is 1. The molecular formula is C11H17NOS. The Kier molecular flexibility index (Phi) is 2.91. The van der Waals surface area contributed by atoms with Crippen LogP contribution in [0.15, 0.2) is 16.8 Å². The van der Waals surface area contributed by atoms with Crippen LogP contribution in [-0.2, 0) is 11.2 Å². The second-order valence-electron chi connectivity index (χ2n) is 4.26. The van der Waals surface area contributed by atoms with E-state index in [2.05, 4.69) is 29.1 Å². The molecule has 2 atom stereocenters. The second-order valence-corrected chi connectivity index (χ2v) is 5.04. The minimum absolute atomic E-state index is 0.0365. The Bertz CT molecular complexity index is 285. The first-order valence-electron chi connectivity index (χ1n) is 5.04. The van der Waals surface area contributed by atoms with Crippen LogP contribution in [0.1, 0.15) is 18.9 Å². The monoisotopic (exact) mass is 211 g/mol. The van der Waals surface area contributed by atoms with Crippen LogP contribution in [0.5, 0.6) is 0 Å². The SMILES string of the molecule is CNC1COC(C)(Cc2ccsc2)C1. The highest BCUT2D eigenvalue weighted by atomic mass is 32.1. The number of nitrogens with one attached hydrogen (secondary N) is 1. The summed E-state index contributed by atoms with van der Waals surface area (Å²) < 4.78 is 5.86. The zero-order valence-corrected chi connectivity index (χ0v) is 9.56. The maximum absolute atomic E-state index is 5.86. The predicted octanol–water partition coefficient (Wildman–Crippen LogP) is 2.06. The van der Waals surface area contributed by atoms with Crippen molar-refractivity contribution in [3.8, 4) is 0 Å². The lowest BCUT2D eigenvalue weighted by Crippen LogP contribution is -2.29. The summed E-state index contributed by atoms with van der Waals surface area (Å²) in [6, 6.07) is 2.71. The topological polar surface area (TPSA) is 21.3 Å². The Morgan fingerprint density at radius 1 is 1.71 bits per heavy atom. The van der Waals surface area contributed by atoms with Crippen LogP contribution in [0.25, 0.3) is 0 Å². The van der Waals surface area contributed by atoms with Crippen molar-refractivity contribution in [1.29, 1.82) is 0 Å². The third kappa shape index (κ3) is 2.16. The molecule has 1 N–H and O–H groups in total. The Labute approximate surface area is 89.3 Å². The molecule has 2 unspecified atom stereocenters. The summed E-state index contributed by atoms with van der Waals surface area (Å²) in [6.45, 7) is 3.05. The van der Waals surface area contributed by atoms with Crippen molar-refractivity contribution in [2.45, 2.75) is 31.4 Å². The molecule has 0 spiro atoms. The van der Waals surface area contributed by atoms with Gasteiger partial charge in [0.1, 0.15) is 0 Å². The third-order valence-electron chi connectivity index (χ3n) is 2.88. The minimum Gasteiger partial charge on any atom is -0.373 e. The fourth-order valence-corrected chi connectivity index (χ4v) is 2.74. The van der Waals surface area contributed by atoms with Crippen LogP contribution in [0.4, 0.5) is 0 Å². The summed E-state index contributed by atoms with van der Waals surface area (Å²) >= 11 is 1.76. The molecular weight excluding hydrogens is 194 g/mol. The van der Waals surface area contributed by atoms with Gasteiger partial charge in [-0.2, -0.15) is 11.3 Å². The zero-order chi connectivity index (χ0) is 10.0. The summed E-state index contributed by atoms with van der Waals surface area (Å²) in [5.74, 6) is 0. The molecule has 1 saturated heterocycles. The number of ether oxygens (including phenoxy) is 1. The van der Waals surface area contributed by atoms with Gasteiger partial charge in [-0.05, 0) is 42.8 Å². The van der Waals surface area contributed by atoms with Crippen molar-refractivity contribution in [2.24, 2.45) is 0 Å². The van der Waals surface area contributed by atoms with Crippen molar-refractivity contribution >= 4 is 11.3 Å². The molecule has 1 aliphatic rings. The van der Waals surface area contributed by atoms with Crippen LogP contribution in [0.3, 0.4) is 0 Å². The molecule has 3 heteroatoms. The molecule has 1 fully saturated rings. The van der Waals surface area contributed by atoms with E-state index in [0.29, 0.717) is 6.04 Å². The fraction of sp³-hybridized carbons (Fsp3) is 0.636. The molecule has 2 nitrogen and oxygen atoms in total. The van der Waals surface area contributed by atoms with E-state index in [0.717, 1.165) is 19.4 Å². The van der Waals surface area contributed by atoms with Gasteiger partial charge in [-0.15, -0.1) is 0 Å². The van der Waals surface area contributed by atoms with Crippen LogP contribution in [0.2, 0.25) is 0 Å². The second kappa shape index (κ2) is 4.01. The summed E-state index contributed by atoms with van der Waals surface area (Å²) in [5, 5.41) is 7.61. The van der Waals surface area contributed by atoms with E-state index in [9.17, 15) is 0 Å². The summed E-state index contributed by atoms with van der Waals surface area (Å²) in [7, 11) is 2.00.